The van der Waals surface area contributed by atoms with E-state index in [4.69, 9.17) is 18.3 Å². The first kappa shape index (κ1) is 27.9. The molecule has 3 heterocycles. The topological polar surface area (TPSA) is 95.2 Å². The number of methoxy groups -OCH3 is 1. The summed E-state index contributed by atoms with van der Waals surface area (Å²) in [5.74, 6) is -0.0141. The Hall–Kier alpha value is -2.16. The number of esters is 2. The number of hydrogen-bond donors (Lipinski definition) is 1. The summed E-state index contributed by atoms with van der Waals surface area (Å²) in [7, 11) is -0.834. The van der Waals surface area contributed by atoms with Crippen LogP contribution in [0.5, 0.6) is 0 Å². The van der Waals surface area contributed by atoms with Gasteiger partial charge in [-0.3, -0.25) is 0 Å². The van der Waals surface area contributed by atoms with Crippen LogP contribution in [0.4, 0.5) is 0 Å². The molecule has 0 spiro atoms. The molecule has 0 radical (unpaired) electrons. The Kier molecular flexibility index (Phi) is 7.94. The van der Waals surface area contributed by atoms with E-state index in [0.717, 1.165) is 5.57 Å². The van der Waals surface area contributed by atoms with Crippen LogP contribution in [0.3, 0.4) is 0 Å². The molecule has 0 aromatic carbocycles. The number of aliphatic hydroxyl groups is 1. The number of fused-ring (bicyclic) bond motifs is 5. The largest absolute Gasteiger partial charge is 0.465 e. The highest BCUT2D eigenvalue weighted by Gasteiger charge is 2.54. The molecular weight excluding hydrogens is 488 g/mol. The molecule has 37 heavy (non-hydrogen) atoms. The van der Waals surface area contributed by atoms with Gasteiger partial charge >= 0.3 is 11.9 Å². The lowest BCUT2D eigenvalue weighted by molar-refractivity contribution is -0.140. The molecule has 1 aromatic rings. The van der Waals surface area contributed by atoms with Crippen LogP contribution in [0, 0.1) is 5.92 Å². The second-order valence-electron chi connectivity index (χ2n) is 11.9. The first-order valence-electron chi connectivity index (χ1n) is 13.6. The second kappa shape index (κ2) is 10.5. The molecule has 204 valence electrons. The molecule has 5 atom stereocenters. The van der Waals surface area contributed by atoms with Crippen LogP contribution in [-0.2, 0) is 18.7 Å². The predicted octanol–water partition coefficient (Wildman–Crippen LogP) is 6.14. The molecule has 0 saturated heterocycles. The lowest BCUT2D eigenvalue weighted by Crippen LogP contribution is -2.56. The number of hydrogen-bond acceptors (Lipinski definition) is 7. The summed E-state index contributed by atoms with van der Waals surface area (Å²) in [6.45, 7) is 15.5. The van der Waals surface area contributed by atoms with E-state index in [9.17, 15) is 14.7 Å². The van der Waals surface area contributed by atoms with Gasteiger partial charge in [-0.2, -0.15) is 0 Å². The summed E-state index contributed by atoms with van der Waals surface area (Å²) in [5.41, 5.74) is 2.90. The number of aliphatic hydroxyl groups excluding tert-OH is 1. The molecule has 2 aliphatic heterocycles. The minimum Gasteiger partial charge on any atom is -0.465 e. The van der Waals surface area contributed by atoms with E-state index in [1.807, 2.05) is 13.0 Å². The Morgan fingerprint density at radius 3 is 2.35 bits per heavy atom. The van der Waals surface area contributed by atoms with Gasteiger partial charge in [-0.05, 0) is 60.5 Å². The van der Waals surface area contributed by atoms with E-state index in [1.54, 1.807) is 12.1 Å². The van der Waals surface area contributed by atoms with Gasteiger partial charge in [0.2, 0.25) is 8.32 Å². The van der Waals surface area contributed by atoms with Gasteiger partial charge in [0.05, 0.1) is 18.8 Å². The number of carbonyl (C=O) groups is 2. The summed E-state index contributed by atoms with van der Waals surface area (Å²) < 4.78 is 24.1. The van der Waals surface area contributed by atoms with Gasteiger partial charge in [-0.25, -0.2) is 9.59 Å². The second-order valence-corrected chi connectivity index (χ2v) is 17.3. The molecule has 1 aliphatic carbocycles. The van der Waals surface area contributed by atoms with Gasteiger partial charge in [0.25, 0.3) is 0 Å². The number of carbonyl (C=O) groups excluding carboxylic acids is 2. The van der Waals surface area contributed by atoms with Gasteiger partial charge in [-0.1, -0.05) is 47.1 Å². The summed E-state index contributed by atoms with van der Waals surface area (Å²) in [6.07, 6.45) is 3.60. The Morgan fingerprint density at radius 1 is 1.11 bits per heavy atom. The molecule has 1 saturated carbocycles. The van der Waals surface area contributed by atoms with Gasteiger partial charge in [0.15, 0.2) is 0 Å². The van der Waals surface area contributed by atoms with Gasteiger partial charge in [-0.15, -0.1) is 0 Å². The SMILES string of the molecule is COC(=O)c1cc2oc1[C@H]1C[C@H](O[Si](C(C)C)(C(C)C)C(C)C)[C@@H]1C[C@@H](O)C1=C[C@H](C/C(C)=C/2)OC1=O. The van der Waals surface area contributed by atoms with Crippen molar-refractivity contribution in [2.75, 3.05) is 7.11 Å². The molecule has 7 nitrogen and oxygen atoms in total. The van der Waals surface area contributed by atoms with Crippen LogP contribution in [0.15, 0.2) is 27.7 Å². The molecule has 0 unspecified atom stereocenters. The van der Waals surface area contributed by atoms with Crippen molar-refractivity contribution >= 4 is 26.3 Å². The molecule has 8 heteroatoms. The summed E-state index contributed by atoms with van der Waals surface area (Å²) in [4.78, 5) is 25.4. The molecule has 1 N–H and O–H groups in total. The molecule has 1 aromatic heterocycles. The van der Waals surface area contributed by atoms with Crippen LogP contribution in [0.2, 0.25) is 16.6 Å². The van der Waals surface area contributed by atoms with Crippen molar-refractivity contribution in [1.29, 1.82) is 0 Å². The fourth-order valence-corrected chi connectivity index (χ4v) is 12.6. The first-order valence-corrected chi connectivity index (χ1v) is 15.7. The molecule has 0 amide bonds. The van der Waals surface area contributed by atoms with Crippen molar-refractivity contribution in [3.05, 3.63) is 40.4 Å². The van der Waals surface area contributed by atoms with Crippen LogP contribution in [0.25, 0.3) is 6.08 Å². The average molecular weight is 531 g/mol. The van der Waals surface area contributed by atoms with Gasteiger partial charge in [0, 0.05) is 18.4 Å². The highest BCUT2D eigenvalue weighted by atomic mass is 28.4. The predicted molar refractivity (Wildman–Crippen MR) is 144 cm³/mol. The summed E-state index contributed by atoms with van der Waals surface area (Å²) in [6, 6.07) is 1.73. The zero-order valence-corrected chi connectivity index (χ0v) is 24.4. The summed E-state index contributed by atoms with van der Waals surface area (Å²) in [5, 5.41) is 11.3. The Balaban J connectivity index is 1.77. The average Bonchev–Trinajstić information content (AvgIpc) is 3.37. The van der Waals surface area contributed by atoms with Crippen LogP contribution >= 0.6 is 0 Å². The zero-order valence-electron chi connectivity index (χ0n) is 23.4. The van der Waals surface area contributed by atoms with E-state index >= 15 is 0 Å². The molecule has 3 aliphatic rings. The van der Waals surface area contributed by atoms with Crippen molar-refractivity contribution in [2.45, 2.75) is 109 Å². The molecule has 4 bridgehead atoms. The van der Waals surface area contributed by atoms with Gasteiger partial charge in [0.1, 0.15) is 23.2 Å². The highest BCUT2D eigenvalue weighted by Crippen LogP contribution is 2.53. The monoisotopic (exact) mass is 530 g/mol. The quantitative estimate of drug-likeness (QED) is 0.349. The maximum absolute atomic E-state index is 12.7. The van der Waals surface area contributed by atoms with Crippen molar-refractivity contribution < 1.29 is 33.0 Å². The van der Waals surface area contributed by atoms with Crippen LogP contribution in [-0.4, -0.2) is 50.8 Å². The van der Waals surface area contributed by atoms with E-state index in [2.05, 4.69) is 41.5 Å². The number of furan rings is 1. The third-order valence-electron chi connectivity index (χ3n) is 8.69. The Morgan fingerprint density at radius 2 is 1.76 bits per heavy atom. The van der Waals surface area contributed by atoms with Crippen molar-refractivity contribution in [3.63, 3.8) is 0 Å². The van der Waals surface area contributed by atoms with Crippen molar-refractivity contribution in [3.8, 4) is 0 Å². The van der Waals surface area contributed by atoms with Crippen molar-refractivity contribution in [1.82, 2.24) is 0 Å². The normalized spacial score (nSPS) is 29.4. The van der Waals surface area contributed by atoms with Gasteiger partial charge < -0.3 is 23.4 Å². The zero-order chi connectivity index (χ0) is 27.2. The highest BCUT2D eigenvalue weighted by molar-refractivity contribution is 6.77. The fraction of sp³-hybridized carbons (Fsp3) is 0.655. The Labute approximate surface area is 221 Å². The van der Waals surface area contributed by atoms with E-state index in [1.165, 1.54) is 7.11 Å². The lowest BCUT2D eigenvalue weighted by atomic mass is 9.66. The minimum atomic E-state index is -2.20. The maximum Gasteiger partial charge on any atom is 0.341 e. The maximum atomic E-state index is 12.7. The Bertz CT molecular complexity index is 1070. The third kappa shape index (κ3) is 5.00. The molecule has 1 fully saturated rings. The molecule has 4 rings (SSSR count). The van der Waals surface area contributed by atoms with E-state index in [0.29, 0.717) is 58.5 Å². The lowest BCUT2D eigenvalue weighted by Gasteiger charge is -2.52. The van der Waals surface area contributed by atoms with E-state index in [-0.39, 0.29) is 17.9 Å². The van der Waals surface area contributed by atoms with E-state index < -0.39 is 32.5 Å². The minimum absolute atomic E-state index is 0.103. The fourth-order valence-electron chi connectivity index (χ4n) is 6.99. The standard InChI is InChI=1S/C29H42O7Si/c1-15(2)37(16(3)4,17(5)6)36-26-14-22-21(26)13-25(30)23-11-20(35-29(23)32)10-18(7)9-19-12-24(27(22)34-19)28(31)33-8/h9,11-12,15-17,20-22,25-26,30H,10,13-14H2,1-8H3/b18-9+/t20-,21+,22-,25+,26-/m0/s1. The smallest absolute Gasteiger partial charge is 0.341 e. The number of ether oxygens (including phenoxy) is 2. The van der Waals surface area contributed by atoms with Crippen LogP contribution in [0.1, 0.15) is 95.5 Å². The summed E-state index contributed by atoms with van der Waals surface area (Å²) >= 11 is 0. The third-order valence-corrected chi connectivity index (χ3v) is 14.8. The number of rotatable bonds is 6. The van der Waals surface area contributed by atoms with Crippen molar-refractivity contribution in [2.24, 2.45) is 5.92 Å². The van der Waals surface area contributed by atoms with Crippen LogP contribution < -0.4 is 0 Å². The molecular formula is C29H42O7Si. The first-order chi connectivity index (χ1) is 17.4.